The standard InChI is InChI=1S/C15H20ClNO2/c1-11(18)12-6-8-17(9-7-12)10-15(19)13-4-2-3-5-14(13)16/h2-5,11-12,18H,6-10H2,1H3. The molecule has 0 aliphatic carbocycles. The van der Waals surface area contributed by atoms with Gasteiger partial charge in [0, 0.05) is 5.56 Å². The Morgan fingerprint density at radius 1 is 1.42 bits per heavy atom. The number of aliphatic hydroxyl groups excluding tert-OH is 1. The zero-order valence-corrected chi connectivity index (χ0v) is 11.9. The van der Waals surface area contributed by atoms with Gasteiger partial charge in [0.2, 0.25) is 0 Å². The van der Waals surface area contributed by atoms with Crippen LogP contribution in [0.5, 0.6) is 0 Å². The molecule has 1 unspecified atom stereocenters. The van der Waals surface area contributed by atoms with E-state index in [-0.39, 0.29) is 11.9 Å². The molecule has 0 aromatic heterocycles. The molecule has 19 heavy (non-hydrogen) atoms. The summed E-state index contributed by atoms with van der Waals surface area (Å²) in [6, 6.07) is 7.17. The minimum atomic E-state index is -0.249. The lowest BCUT2D eigenvalue weighted by Crippen LogP contribution is -2.39. The normalized spacial score (nSPS) is 19.3. The van der Waals surface area contributed by atoms with E-state index in [4.69, 9.17) is 11.6 Å². The van der Waals surface area contributed by atoms with E-state index < -0.39 is 0 Å². The topological polar surface area (TPSA) is 40.5 Å². The van der Waals surface area contributed by atoms with E-state index in [1.165, 1.54) is 0 Å². The highest BCUT2D eigenvalue weighted by Crippen LogP contribution is 2.21. The first kappa shape index (κ1) is 14.5. The van der Waals surface area contributed by atoms with Gasteiger partial charge < -0.3 is 5.11 Å². The van der Waals surface area contributed by atoms with E-state index in [9.17, 15) is 9.90 Å². The number of nitrogens with zero attached hydrogens (tertiary/aromatic N) is 1. The number of benzene rings is 1. The third-order valence-electron chi connectivity index (χ3n) is 3.86. The third-order valence-corrected chi connectivity index (χ3v) is 4.19. The Labute approximate surface area is 119 Å². The number of likely N-dealkylation sites (tertiary alicyclic amines) is 1. The van der Waals surface area contributed by atoms with Crippen LogP contribution in [0, 0.1) is 5.92 Å². The van der Waals surface area contributed by atoms with Crippen molar-refractivity contribution >= 4 is 17.4 Å². The van der Waals surface area contributed by atoms with Crippen molar-refractivity contribution in [1.29, 1.82) is 0 Å². The van der Waals surface area contributed by atoms with Crippen molar-refractivity contribution < 1.29 is 9.90 Å². The minimum absolute atomic E-state index is 0.0705. The monoisotopic (exact) mass is 281 g/mol. The molecule has 2 rings (SSSR count). The van der Waals surface area contributed by atoms with Gasteiger partial charge in [-0.05, 0) is 50.9 Å². The first-order valence-electron chi connectivity index (χ1n) is 6.76. The molecule has 0 bridgehead atoms. The number of hydrogen-bond donors (Lipinski definition) is 1. The predicted molar refractivity (Wildman–Crippen MR) is 76.6 cm³/mol. The Hall–Kier alpha value is -0.900. The molecule has 3 nitrogen and oxygen atoms in total. The molecule has 0 radical (unpaired) electrons. The van der Waals surface area contributed by atoms with Gasteiger partial charge in [-0.2, -0.15) is 0 Å². The van der Waals surface area contributed by atoms with Crippen LogP contribution in [-0.2, 0) is 0 Å². The van der Waals surface area contributed by atoms with Crippen LogP contribution in [0.3, 0.4) is 0 Å². The SMILES string of the molecule is CC(O)C1CCN(CC(=O)c2ccccc2Cl)CC1. The smallest absolute Gasteiger partial charge is 0.178 e. The van der Waals surface area contributed by atoms with Crippen LogP contribution in [0.2, 0.25) is 5.02 Å². The molecule has 1 saturated heterocycles. The molecule has 0 saturated carbocycles. The summed E-state index contributed by atoms with van der Waals surface area (Å²) in [5.41, 5.74) is 0.599. The number of aliphatic hydroxyl groups is 1. The van der Waals surface area contributed by atoms with Crippen molar-refractivity contribution in [2.75, 3.05) is 19.6 Å². The Balaban J connectivity index is 1.89. The van der Waals surface area contributed by atoms with Crippen molar-refractivity contribution in [3.63, 3.8) is 0 Å². The first-order chi connectivity index (χ1) is 9.08. The van der Waals surface area contributed by atoms with Crippen LogP contribution in [-0.4, -0.2) is 41.5 Å². The van der Waals surface area contributed by atoms with Crippen LogP contribution in [0.1, 0.15) is 30.1 Å². The second-order valence-corrected chi connectivity index (χ2v) is 5.66. The first-order valence-corrected chi connectivity index (χ1v) is 7.14. The zero-order chi connectivity index (χ0) is 13.8. The maximum Gasteiger partial charge on any atom is 0.178 e. The number of piperidine rings is 1. The van der Waals surface area contributed by atoms with Gasteiger partial charge in [0.05, 0.1) is 17.7 Å². The Morgan fingerprint density at radius 3 is 2.63 bits per heavy atom. The summed E-state index contributed by atoms with van der Waals surface area (Å²) in [5, 5.41) is 10.1. The molecule has 104 valence electrons. The molecule has 1 fully saturated rings. The van der Waals surface area contributed by atoms with Gasteiger partial charge >= 0.3 is 0 Å². The van der Waals surface area contributed by atoms with Gasteiger partial charge in [-0.3, -0.25) is 9.69 Å². The molecule has 1 aliphatic rings. The van der Waals surface area contributed by atoms with Crippen LogP contribution in [0.25, 0.3) is 0 Å². The van der Waals surface area contributed by atoms with Gasteiger partial charge in [0.15, 0.2) is 5.78 Å². The molecule has 0 amide bonds. The molecular formula is C15H20ClNO2. The molecule has 1 aliphatic heterocycles. The number of ketones is 1. The zero-order valence-electron chi connectivity index (χ0n) is 11.2. The summed E-state index contributed by atoms with van der Waals surface area (Å²) in [7, 11) is 0. The maximum atomic E-state index is 12.2. The van der Waals surface area contributed by atoms with Crippen LogP contribution >= 0.6 is 11.6 Å². The van der Waals surface area contributed by atoms with E-state index in [1.54, 1.807) is 12.1 Å². The summed E-state index contributed by atoms with van der Waals surface area (Å²) in [6.07, 6.45) is 1.66. The highest BCUT2D eigenvalue weighted by Gasteiger charge is 2.24. The predicted octanol–water partition coefficient (Wildman–Crippen LogP) is 2.62. The summed E-state index contributed by atoms with van der Waals surface area (Å²) in [5.74, 6) is 0.438. The lowest BCUT2D eigenvalue weighted by atomic mass is 9.92. The summed E-state index contributed by atoms with van der Waals surface area (Å²) < 4.78 is 0. The van der Waals surface area contributed by atoms with Crippen molar-refractivity contribution in [2.24, 2.45) is 5.92 Å². The average molecular weight is 282 g/mol. The van der Waals surface area contributed by atoms with Gasteiger partial charge in [0.25, 0.3) is 0 Å². The minimum Gasteiger partial charge on any atom is -0.393 e. The molecule has 1 atom stereocenters. The molecule has 1 aromatic rings. The maximum absolute atomic E-state index is 12.2. The molecule has 0 spiro atoms. The van der Waals surface area contributed by atoms with Crippen LogP contribution < -0.4 is 0 Å². The van der Waals surface area contributed by atoms with E-state index in [1.807, 2.05) is 19.1 Å². The summed E-state index contributed by atoms with van der Waals surface area (Å²) >= 11 is 6.03. The lowest BCUT2D eigenvalue weighted by Gasteiger charge is -2.32. The largest absolute Gasteiger partial charge is 0.393 e. The van der Waals surface area contributed by atoms with E-state index in [0.29, 0.717) is 23.0 Å². The highest BCUT2D eigenvalue weighted by atomic mass is 35.5. The molecule has 1 aromatic carbocycles. The molecule has 1 heterocycles. The number of halogens is 1. The van der Waals surface area contributed by atoms with Gasteiger partial charge in [0.1, 0.15) is 0 Å². The summed E-state index contributed by atoms with van der Waals surface area (Å²) in [6.45, 7) is 3.99. The number of carbonyl (C=O) groups is 1. The summed E-state index contributed by atoms with van der Waals surface area (Å²) in [4.78, 5) is 14.3. The Bertz CT molecular complexity index is 440. The Morgan fingerprint density at radius 2 is 2.05 bits per heavy atom. The highest BCUT2D eigenvalue weighted by molar-refractivity contribution is 6.34. The van der Waals surface area contributed by atoms with Crippen molar-refractivity contribution in [3.8, 4) is 0 Å². The number of hydrogen-bond acceptors (Lipinski definition) is 3. The Kier molecular flexibility index (Phi) is 4.97. The van der Waals surface area contributed by atoms with Gasteiger partial charge in [-0.25, -0.2) is 0 Å². The number of rotatable bonds is 4. The molecular weight excluding hydrogens is 262 g/mol. The van der Waals surface area contributed by atoms with Gasteiger partial charge in [-0.15, -0.1) is 0 Å². The van der Waals surface area contributed by atoms with E-state index >= 15 is 0 Å². The second kappa shape index (κ2) is 6.51. The average Bonchev–Trinajstić information content (AvgIpc) is 2.39. The molecule has 1 N–H and O–H groups in total. The fourth-order valence-corrected chi connectivity index (χ4v) is 2.81. The molecule has 4 heteroatoms. The van der Waals surface area contributed by atoms with E-state index in [0.717, 1.165) is 25.9 Å². The number of Topliss-reactive ketones (excluding diaryl/α,β-unsaturated/α-hetero) is 1. The quantitative estimate of drug-likeness (QED) is 0.863. The van der Waals surface area contributed by atoms with Crippen LogP contribution in [0.4, 0.5) is 0 Å². The van der Waals surface area contributed by atoms with Gasteiger partial charge in [-0.1, -0.05) is 23.7 Å². The second-order valence-electron chi connectivity index (χ2n) is 5.26. The number of carbonyl (C=O) groups excluding carboxylic acids is 1. The fraction of sp³-hybridized carbons (Fsp3) is 0.533. The van der Waals surface area contributed by atoms with E-state index in [2.05, 4.69) is 4.90 Å². The third kappa shape index (κ3) is 3.78. The lowest BCUT2D eigenvalue weighted by molar-refractivity contribution is 0.0665. The van der Waals surface area contributed by atoms with Crippen LogP contribution in [0.15, 0.2) is 24.3 Å². The van der Waals surface area contributed by atoms with Crippen molar-refractivity contribution in [3.05, 3.63) is 34.9 Å². The van der Waals surface area contributed by atoms with Crippen molar-refractivity contribution in [2.45, 2.75) is 25.9 Å². The fourth-order valence-electron chi connectivity index (χ4n) is 2.57. The van der Waals surface area contributed by atoms with Crippen molar-refractivity contribution in [1.82, 2.24) is 4.90 Å².